The zero-order valence-corrected chi connectivity index (χ0v) is 18.6. The lowest BCUT2D eigenvalue weighted by Crippen LogP contribution is -2.33. The highest BCUT2D eigenvalue weighted by Gasteiger charge is 2.43. The molecule has 30 heavy (non-hydrogen) atoms. The molecule has 1 amide bonds. The Morgan fingerprint density at radius 2 is 1.73 bits per heavy atom. The standard InChI is InChI=1S/C23H33NO6/c1-23(2,3)30-21(25)18-14-24(22(26)28-5)13-17(18)15-10-11-19(27-4)20(12-15)29-16-8-6-7-9-16/h10-12,16-18H,6-9,13-14H2,1-5H3/t17-,18+/m1/s1. The molecule has 0 bridgehead atoms. The van der Waals surface area contributed by atoms with Gasteiger partial charge in [0.05, 0.1) is 26.2 Å². The lowest BCUT2D eigenvalue weighted by molar-refractivity contribution is -0.159. The normalized spacial score (nSPS) is 22.1. The number of hydrogen-bond acceptors (Lipinski definition) is 6. The van der Waals surface area contributed by atoms with E-state index in [1.54, 1.807) is 12.0 Å². The maximum Gasteiger partial charge on any atom is 0.409 e. The summed E-state index contributed by atoms with van der Waals surface area (Å²) in [6, 6.07) is 5.75. The van der Waals surface area contributed by atoms with E-state index in [0.29, 0.717) is 18.0 Å². The maximum atomic E-state index is 12.9. The third-order valence-corrected chi connectivity index (χ3v) is 5.67. The van der Waals surface area contributed by atoms with Gasteiger partial charge in [0, 0.05) is 19.0 Å². The predicted molar refractivity (Wildman–Crippen MR) is 112 cm³/mol. The molecule has 0 unspecified atom stereocenters. The number of nitrogens with zero attached hydrogens (tertiary/aromatic N) is 1. The van der Waals surface area contributed by atoms with E-state index in [4.69, 9.17) is 18.9 Å². The molecule has 1 aliphatic heterocycles. The number of esters is 1. The van der Waals surface area contributed by atoms with E-state index in [0.717, 1.165) is 18.4 Å². The first-order chi connectivity index (χ1) is 14.2. The van der Waals surface area contributed by atoms with E-state index in [-0.39, 0.29) is 24.5 Å². The van der Waals surface area contributed by atoms with Gasteiger partial charge in [0.2, 0.25) is 0 Å². The van der Waals surface area contributed by atoms with Crippen molar-refractivity contribution in [3.63, 3.8) is 0 Å². The minimum Gasteiger partial charge on any atom is -0.493 e. The Morgan fingerprint density at radius 3 is 2.33 bits per heavy atom. The second-order valence-corrected chi connectivity index (χ2v) is 9.06. The number of amides is 1. The van der Waals surface area contributed by atoms with Gasteiger partial charge in [-0.25, -0.2) is 4.79 Å². The van der Waals surface area contributed by atoms with E-state index >= 15 is 0 Å². The van der Waals surface area contributed by atoms with Gasteiger partial charge in [-0.2, -0.15) is 0 Å². The molecule has 1 saturated heterocycles. The summed E-state index contributed by atoms with van der Waals surface area (Å²) < 4.78 is 22.2. The second kappa shape index (κ2) is 9.14. The van der Waals surface area contributed by atoms with Crippen molar-refractivity contribution in [1.82, 2.24) is 4.90 Å². The number of methoxy groups -OCH3 is 2. The molecule has 1 aliphatic carbocycles. The molecule has 3 rings (SSSR count). The fraction of sp³-hybridized carbons (Fsp3) is 0.652. The summed E-state index contributed by atoms with van der Waals surface area (Å²) >= 11 is 0. The van der Waals surface area contributed by atoms with Crippen molar-refractivity contribution in [2.75, 3.05) is 27.3 Å². The van der Waals surface area contributed by atoms with Crippen molar-refractivity contribution in [1.29, 1.82) is 0 Å². The van der Waals surface area contributed by atoms with Crippen LogP contribution in [0.2, 0.25) is 0 Å². The van der Waals surface area contributed by atoms with Crippen LogP contribution in [0.25, 0.3) is 0 Å². The van der Waals surface area contributed by atoms with Gasteiger partial charge in [-0.3, -0.25) is 4.79 Å². The lowest BCUT2D eigenvalue weighted by Gasteiger charge is -2.25. The molecule has 0 radical (unpaired) electrons. The number of hydrogen-bond donors (Lipinski definition) is 0. The number of benzene rings is 1. The Kier molecular flexibility index (Phi) is 6.78. The van der Waals surface area contributed by atoms with Crippen LogP contribution < -0.4 is 9.47 Å². The van der Waals surface area contributed by atoms with Gasteiger partial charge < -0.3 is 23.8 Å². The highest BCUT2D eigenvalue weighted by Crippen LogP contribution is 2.39. The van der Waals surface area contributed by atoms with E-state index in [2.05, 4.69) is 0 Å². The van der Waals surface area contributed by atoms with Crippen LogP contribution in [-0.4, -0.2) is 56.0 Å². The van der Waals surface area contributed by atoms with Crippen LogP contribution in [0.3, 0.4) is 0 Å². The summed E-state index contributed by atoms with van der Waals surface area (Å²) in [6.07, 6.45) is 4.16. The van der Waals surface area contributed by atoms with Crippen LogP contribution >= 0.6 is 0 Å². The maximum absolute atomic E-state index is 12.9. The van der Waals surface area contributed by atoms with Crippen LogP contribution in [0.4, 0.5) is 4.79 Å². The van der Waals surface area contributed by atoms with E-state index < -0.39 is 17.6 Å². The van der Waals surface area contributed by atoms with Crippen molar-refractivity contribution >= 4 is 12.1 Å². The van der Waals surface area contributed by atoms with Crippen molar-refractivity contribution < 1.29 is 28.5 Å². The molecule has 0 N–H and O–H groups in total. The molecule has 2 fully saturated rings. The Bertz CT molecular complexity index is 765. The first-order valence-electron chi connectivity index (χ1n) is 10.6. The second-order valence-electron chi connectivity index (χ2n) is 9.06. The first-order valence-corrected chi connectivity index (χ1v) is 10.6. The van der Waals surface area contributed by atoms with Crippen molar-refractivity contribution in [2.45, 2.75) is 64.1 Å². The van der Waals surface area contributed by atoms with Crippen molar-refractivity contribution in [3.8, 4) is 11.5 Å². The SMILES string of the molecule is COC(=O)N1C[C@H](C(=O)OC(C)(C)C)[C@@H](c2ccc(OC)c(OC3CCCC3)c2)C1. The molecule has 1 aromatic carbocycles. The summed E-state index contributed by atoms with van der Waals surface area (Å²) in [5.41, 5.74) is 0.322. The monoisotopic (exact) mass is 419 g/mol. The fourth-order valence-electron chi connectivity index (χ4n) is 4.24. The number of carbonyl (C=O) groups excluding carboxylic acids is 2. The third kappa shape index (κ3) is 5.18. The quantitative estimate of drug-likeness (QED) is 0.668. The van der Waals surface area contributed by atoms with Crippen molar-refractivity contribution in [3.05, 3.63) is 23.8 Å². The van der Waals surface area contributed by atoms with Gasteiger partial charge in [-0.05, 0) is 64.2 Å². The van der Waals surface area contributed by atoms with Crippen LogP contribution in [0.1, 0.15) is 57.9 Å². The van der Waals surface area contributed by atoms with Crippen LogP contribution in [-0.2, 0) is 14.3 Å². The molecule has 2 aliphatic rings. The number of carbonyl (C=O) groups is 2. The Labute approximate surface area is 178 Å². The molecule has 0 spiro atoms. The van der Waals surface area contributed by atoms with Gasteiger partial charge in [0.15, 0.2) is 11.5 Å². The summed E-state index contributed by atoms with van der Waals surface area (Å²) in [5.74, 6) is 0.350. The Balaban J connectivity index is 1.88. The van der Waals surface area contributed by atoms with Gasteiger partial charge in [0.1, 0.15) is 5.60 Å². The van der Waals surface area contributed by atoms with E-state index in [1.165, 1.54) is 20.0 Å². The van der Waals surface area contributed by atoms with Gasteiger partial charge >= 0.3 is 12.1 Å². The zero-order chi connectivity index (χ0) is 21.9. The lowest BCUT2D eigenvalue weighted by atomic mass is 9.88. The van der Waals surface area contributed by atoms with E-state index in [1.807, 2.05) is 39.0 Å². The predicted octanol–water partition coefficient (Wildman–Crippen LogP) is 4.14. The molecule has 2 atom stereocenters. The first kappa shape index (κ1) is 22.2. The minimum absolute atomic E-state index is 0.186. The van der Waals surface area contributed by atoms with Crippen LogP contribution in [0.5, 0.6) is 11.5 Å². The molecule has 1 aromatic rings. The molecule has 0 aromatic heterocycles. The summed E-state index contributed by atoms with van der Waals surface area (Å²) in [6.45, 7) is 6.17. The number of rotatable bonds is 5. The molecular weight excluding hydrogens is 386 g/mol. The fourth-order valence-corrected chi connectivity index (χ4v) is 4.24. The smallest absolute Gasteiger partial charge is 0.409 e. The summed E-state index contributed by atoms with van der Waals surface area (Å²) in [5, 5.41) is 0. The minimum atomic E-state index is -0.600. The zero-order valence-electron chi connectivity index (χ0n) is 18.6. The molecule has 7 nitrogen and oxygen atoms in total. The Morgan fingerprint density at radius 1 is 1.03 bits per heavy atom. The number of likely N-dealkylation sites (tertiary alicyclic amines) is 1. The van der Waals surface area contributed by atoms with Crippen molar-refractivity contribution in [2.24, 2.45) is 5.92 Å². The highest BCUT2D eigenvalue weighted by molar-refractivity contribution is 5.77. The van der Waals surface area contributed by atoms with Crippen LogP contribution in [0.15, 0.2) is 18.2 Å². The van der Waals surface area contributed by atoms with Gasteiger partial charge in [0.25, 0.3) is 0 Å². The molecular formula is C23H33NO6. The molecule has 166 valence electrons. The van der Waals surface area contributed by atoms with Gasteiger partial charge in [-0.15, -0.1) is 0 Å². The molecule has 1 saturated carbocycles. The molecule has 1 heterocycles. The van der Waals surface area contributed by atoms with Crippen LogP contribution in [0, 0.1) is 5.92 Å². The number of ether oxygens (including phenoxy) is 4. The van der Waals surface area contributed by atoms with Gasteiger partial charge in [-0.1, -0.05) is 6.07 Å². The average molecular weight is 420 g/mol. The summed E-state index contributed by atoms with van der Waals surface area (Å²) in [4.78, 5) is 26.6. The highest BCUT2D eigenvalue weighted by atomic mass is 16.6. The largest absolute Gasteiger partial charge is 0.493 e. The summed E-state index contributed by atoms with van der Waals surface area (Å²) in [7, 11) is 2.97. The van der Waals surface area contributed by atoms with E-state index in [9.17, 15) is 9.59 Å². The Hall–Kier alpha value is -2.44. The topological polar surface area (TPSA) is 74.3 Å². The molecule has 7 heteroatoms. The third-order valence-electron chi connectivity index (χ3n) is 5.67. The average Bonchev–Trinajstić information content (AvgIpc) is 3.36.